The molecule has 10 heteroatoms. The van der Waals surface area contributed by atoms with E-state index >= 15 is 0 Å². The topological polar surface area (TPSA) is 64.0 Å². The lowest BCUT2D eigenvalue weighted by Gasteiger charge is -2.08. The molecule has 0 atom stereocenters. The number of nitrogens with one attached hydrogen (secondary N) is 1. The number of fused-ring (bicyclic) bond motifs is 1. The molecule has 4 rings (SSSR count). The molecule has 0 aliphatic rings. The van der Waals surface area contributed by atoms with Crippen LogP contribution in [0.3, 0.4) is 0 Å². The highest BCUT2D eigenvalue weighted by molar-refractivity contribution is 7.20. The lowest BCUT2D eigenvalue weighted by atomic mass is 10.1. The van der Waals surface area contributed by atoms with E-state index in [2.05, 4.69) is 10.3 Å². The second kappa shape index (κ2) is 8.19. The highest BCUT2D eigenvalue weighted by atomic mass is 32.1. The minimum Gasteiger partial charge on any atom is -0.321 e. The molecule has 32 heavy (non-hydrogen) atoms. The number of hydrogen-bond acceptors (Lipinski definition) is 4. The van der Waals surface area contributed by atoms with Gasteiger partial charge in [0, 0.05) is 11.3 Å². The van der Waals surface area contributed by atoms with E-state index in [-0.39, 0.29) is 22.5 Å². The summed E-state index contributed by atoms with van der Waals surface area (Å²) in [6.45, 7) is 1.58. The zero-order valence-corrected chi connectivity index (χ0v) is 17.4. The van der Waals surface area contributed by atoms with Gasteiger partial charge in [0.2, 0.25) is 0 Å². The number of nitrogens with zero attached hydrogens (tertiary/aromatic N) is 2. The summed E-state index contributed by atoms with van der Waals surface area (Å²) in [5, 5.41) is 2.78. The fourth-order valence-electron chi connectivity index (χ4n) is 3.23. The molecule has 2 aromatic carbocycles. The molecular weight excluding hydrogens is 446 g/mol. The van der Waals surface area contributed by atoms with Crippen molar-refractivity contribution in [3.05, 3.63) is 92.6 Å². The van der Waals surface area contributed by atoms with Gasteiger partial charge in [-0.15, -0.1) is 11.3 Å². The van der Waals surface area contributed by atoms with Crippen LogP contribution in [0.25, 0.3) is 10.2 Å². The second-order valence-electron chi connectivity index (χ2n) is 7.03. The average molecular weight is 461 g/mol. The van der Waals surface area contributed by atoms with Crippen molar-refractivity contribution in [2.75, 3.05) is 5.32 Å². The Morgan fingerprint density at radius 3 is 2.47 bits per heavy atom. The van der Waals surface area contributed by atoms with Gasteiger partial charge in [-0.3, -0.25) is 14.2 Å². The molecule has 0 fully saturated rings. The first-order valence-electron chi connectivity index (χ1n) is 9.35. The van der Waals surface area contributed by atoms with Crippen molar-refractivity contribution < 1.29 is 22.4 Å². The molecule has 0 radical (unpaired) electrons. The smallest absolute Gasteiger partial charge is 0.321 e. The number of benzene rings is 2. The van der Waals surface area contributed by atoms with E-state index in [9.17, 15) is 27.2 Å². The van der Waals surface area contributed by atoms with E-state index in [1.165, 1.54) is 17.0 Å². The maximum absolute atomic E-state index is 14.0. The van der Waals surface area contributed by atoms with Crippen LogP contribution < -0.4 is 10.9 Å². The Labute approximate surface area is 183 Å². The maximum atomic E-state index is 14.0. The van der Waals surface area contributed by atoms with Gasteiger partial charge in [-0.1, -0.05) is 18.2 Å². The summed E-state index contributed by atoms with van der Waals surface area (Å²) >= 11 is 1.00. The fraction of sp³-hybridized carbons (Fsp3) is 0.136. The normalized spacial score (nSPS) is 11.7. The first kappa shape index (κ1) is 21.7. The third kappa shape index (κ3) is 4.13. The number of rotatable bonds is 4. The Hall–Kier alpha value is -3.53. The molecule has 1 amide bonds. The lowest BCUT2D eigenvalue weighted by molar-refractivity contribution is -0.137. The number of anilines is 1. The van der Waals surface area contributed by atoms with E-state index in [1.807, 2.05) is 0 Å². The summed E-state index contributed by atoms with van der Waals surface area (Å²) in [5.41, 5.74) is -0.336. The number of halogens is 4. The van der Waals surface area contributed by atoms with Crippen molar-refractivity contribution in [3.63, 3.8) is 0 Å². The minimum atomic E-state index is -4.47. The number of carbonyl (C=O) groups is 1. The molecule has 5 nitrogen and oxygen atoms in total. The Kier molecular flexibility index (Phi) is 5.55. The highest BCUT2D eigenvalue weighted by Crippen LogP contribution is 2.31. The number of thiophene rings is 1. The number of carbonyl (C=O) groups excluding carboxylic acids is 1. The van der Waals surface area contributed by atoms with Crippen LogP contribution >= 0.6 is 11.3 Å². The zero-order valence-electron chi connectivity index (χ0n) is 16.5. The minimum absolute atomic E-state index is 0.0170. The number of alkyl halides is 3. The molecule has 0 aliphatic carbocycles. The SMILES string of the molecule is Cc1c(C(=O)Nc2ccc(C(F)(F)F)cc2)sc2ncn(Cc3ccccc3F)c(=O)c12. The summed E-state index contributed by atoms with van der Waals surface area (Å²) in [4.78, 5) is 30.5. The molecule has 0 saturated carbocycles. The van der Waals surface area contributed by atoms with Gasteiger partial charge in [0.05, 0.1) is 28.7 Å². The second-order valence-corrected chi connectivity index (χ2v) is 8.03. The van der Waals surface area contributed by atoms with Crippen LogP contribution in [0.5, 0.6) is 0 Å². The predicted molar refractivity (Wildman–Crippen MR) is 114 cm³/mol. The van der Waals surface area contributed by atoms with E-state index in [0.29, 0.717) is 16.0 Å². The van der Waals surface area contributed by atoms with Crippen LogP contribution in [0.4, 0.5) is 23.2 Å². The van der Waals surface area contributed by atoms with Crippen molar-refractivity contribution in [1.29, 1.82) is 0 Å². The summed E-state index contributed by atoms with van der Waals surface area (Å²) in [6, 6.07) is 10.1. The van der Waals surface area contributed by atoms with Crippen LogP contribution in [0.2, 0.25) is 0 Å². The number of hydrogen-bond donors (Lipinski definition) is 1. The third-order valence-electron chi connectivity index (χ3n) is 4.89. The summed E-state index contributed by atoms with van der Waals surface area (Å²) in [6.07, 6.45) is -3.18. The first-order chi connectivity index (χ1) is 15.1. The number of aryl methyl sites for hydroxylation is 1. The van der Waals surface area contributed by atoms with Crippen LogP contribution in [0.15, 0.2) is 59.7 Å². The maximum Gasteiger partial charge on any atom is 0.416 e. The van der Waals surface area contributed by atoms with Crippen molar-refractivity contribution in [3.8, 4) is 0 Å². The van der Waals surface area contributed by atoms with Crippen molar-refractivity contribution >= 4 is 33.1 Å². The van der Waals surface area contributed by atoms with Gasteiger partial charge < -0.3 is 5.32 Å². The molecule has 4 aromatic rings. The van der Waals surface area contributed by atoms with E-state index in [4.69, 9.17) is 0 Å². The monoisotopic (exact) mass is 461 g/mol. The Morgan fingerprint density at radius 1 is 1.12 bits per heavy atom. The Bertz CT molecular complexity index is 1370. The van der Waals surface area contributed by atoms with E-state index in [0.717, 1.165) is 35.6 Å². The highest BCUT2D eigenvalue weighted by Gasteiger charge is 2.30. The van der Waals surface area contributed by atoms with Gasteiger partial charge in [-0.05, 0) is 42.8 Å². The van der Waals surface area contributed by atoms with Gasteiger partial charge in [-0.25, -0.2) is 9.37 Å². The first-order valence-corrected chi connectivity index (χ1v) is 10.2. The molecule has 2 heterocycles. The third-order valence-corrected chi connectivity index (χ3v) is 6.09. The molecule has 164 valence electrons. The molecule has 0 aliphatic heterocycles. The zero-order chi connectivity index (χ0) is 23.0. The van der Waals surface area contributed by atoms with Crippen LogP contribution in [0.1, 0.15) is 26.4 Å². The van der Waals surface area contributed by atoms with Gasteiger partial charge >= 0.3 is 6.18 Å². The van der Waals surface area contributed by atoms with Crippen molar-refractivity contribution in [2.45, 2.75) is 19.6 Å². The molecule has 0 saturated heterocycles. The molecule has 1 N–H and O–H groups in total. The largest absolute Gasteiger partial charge is 0.416 e. The summed E-state index contributed by atoms with van der Waals surface area (Å²) in [7, 11) is 0. The Balaban J connectivity index is 1.63. The quantitative estimate of drug-likeness (QED) is 0.424. The molecule has 2 aromatic heterocycles. The van der Waals surface area contributed by atoms with Gasteiger partial charge in [0.25, 0.3) is 11.5 Å². The van der Waals surface area contributed by atoms with Gasteiger partial charge in [0.1, 0.15) is 10.6 Å². The van der Waals surface area contributed by atoms with Crippen LogP contribution in [-0.2, 0) is 12.7 Å². The lowest BCUT2D eigenvalue weighted by Crippen LogP contribution is -2.21. The molecule has 0 spiro atoms. The number of amides is 1. The number of aromatic nitrogens is 2. The van der Waals surface area contributed by atoms with Gasteiger partial charge in [0.15, 0.2) is 0 Å². The average Bonchev–Trinajstić information content (AvgIpc) is 3.08. The van der Waals surface area contributed by atoms with E-state index < -0.39 is 29.0 Å². The fourth-order valence-corrected chi connectivity index (χ4v) is 4.26. The van der Waals surface area contributed by atoms with E-state index in [1.54, 1.807) is 25.1 Å². The van der Waals surface area contributed by atoms with Crippen LogP contribution in [-0.4, -0.2) is 15.5 Å². The van der Waals surface area contributed by atoms with Crippen LogP contribution in [0, 0.1) is 12.7 Å². The van der Waals surface area contributed by atoms with Crippen molar-refractivity contribution in [1.82, 2.24) is 9.55 Å². The van der Waals surface area contributed by atoms with Gasteiger partial charge in [-0.2, -0.15) is 13.2 Å². The summed E-state index contributed by atoms with van der Waals surface area (Å²) in [5.74, 6) is -1.01. The molecular formula is C22H15F4N3O2S. The summed E-state index contributed by atoms with van der Waals surface area (Å²) < 4.78 is 53.3. The standard InChI is InChI=1S/C22H15F4N3O2S/c1-12-17-20(27-11-29(21(17)31)10-13-4-2-3-5-16(13)23)32-18(12)19(30)28-15-8-6-14(7-9-15)22(24,25)26/h2-9,11H,10H2,1H3,(H,28,30). The molecule has 0 unspecified atom stereocenters. The molecule has 0 bridgehead atoms. The van der Waals surface area contributed by atoms with Crippen molar-refractivity contribution in [2.24, 2.45) is 0 Å². The predicted octanol–water partition coefficient (Wildman–Crippen LogP) is 5.22. The Morgan fingerprint density at radius 2 is 1.81 bits per heavy atom.